The summed E-state index contributed by atoms with van der Waals surface area (Å²) in [5, 5.41) is 0. The van der Waals surface area contributed by atoms with Crippen LogP contribution in [0.5, 0.6) is 11.5 Å². The fourth-order valence-electron chi connectivity index (χ4n) is 2.12. The first-order valence-corrected chi connectivity index (χ1v) is 9.17. The van der Waals surface area contributed by atoms with E-state index in [4.69, 9.17) is 9.47 Å². The van der Waals surface area contributed by atoms with Crippen LogP contribution in [0, 0.1) is 0 Å². The molecular formula is C20H21BrN2O4. The molecule has 2 amide bonds. The summed E-state index contributed by atoms with van der Waals surface area (Å²) in [6.45, 7) is 5.79. The Morgan fingerprint density at radius 2 is 1.85 bits per heavy atom. The third kappa shape index (κ3) is 6.45. The van der Waals surface area contributed by atoms with Gasteiger partial charge in [0.05, 0.1) is 4.47 Å². The second kappa shape index (κ2) is 10.4. The monoisotopic (exact) mass is 432 g/mol. The van der Waals surface area contributed by atoms with Gasteiger partial charge in [-0.05, 0) is 64.3 Å². The number of hydrazine groups is 1. The van der Waals surface area contributed by atoms with E-state index < -0.39 is 11.8 Å². The number of rotatable bonds is 8. The van der Waals surface area contributed by atoms with Gasteiger partial charge in [0.15, 0.2) is 6.61 Å². The van der Waals surface area contributed by atoms with Crippen LogP contribution in [0.2, 0.25) is 0 Å². The minimum atomic E-state index is -0.472. The van der Waals surface area contributed by atoms with Crippen molar-refractivity contribution in [2.24, 2.45) is 0 Å². The van der Waals surface area contributed by atoms with Gasteiger partial charge in [0.2, 0.25) is 0 Å². The Hall–Kier alpha value is -2.80. The maximum absolute atomic E-state index is 12.0. The van der Waals surface area contributed by atoms with Crippen molar-refractivity contribution in [3.05, 3.63) is 70.7 Å². The van der Waals surface area contributed by atoms with Crippen LogP contribution in [0.1, 0.15) is 22.8 Å². The molecule has 2 aromatic rings. The molecule has 2 rings (SSSR count). The second-order valence-corrected chi connectivity index (χ2v) is 6.39. The Bertz CT molecular complexity index is 806. The van der Waals surface area contributed by atoms with Crippen LogP contribution in [0.25, 0.3) is 0 Å². The van der Waals surface area contributed by atoms with Gasteiger partial charge in [-0.25, -0.2) is 0 Å². The molecule has 0 saturated heterocycles. The van der Waals surface area contributed by atoms with Gasteiger partial charge in [-0.15, -0.1) is 0 Å². The molecule has 0 spiro atoms. The number of benzene rings is 2. The van der Waals surface area contributed by atoms with E-state index in [1.54, 1.807) is 36.4 Å². The van der Waals surface area contributed by atoms with Crippen molar-refractivity contribution < 1.29 is 19.1 Å². The molecule has 142 valence electrons. The van der Waals surface area contributed by atoms with Crippen molar-refractivity contribution >= 4 is 27.7 Å². The van der Waals surface area contributed by atoms with E-state index in [2.05, 4.69) is 40.3 Å². The van der Waals surface area contributed by atoms with Crippen LogP contribution >= 0.6 is 15.9 Å². The Morgan fingerprint density at radius 1 is 1.11 bits per heavy atom. The van der Waals surface area contributed by atoms with Crippen molar-refractivity contribution in [1.29, 1.82) is 0 Å². The Balaban J connectivity index is 1.79. The SMILES string of the molecule is C=CCOc1ccc(C(=O)NNC(=O)COc2ccc(CC)cc2Br)cc1. The molecule has 0 bridgehead atoms. The molecule has 0 radical (unpaired) electrons. The zero-order valence-electron chi connectivity index (χ0n) is 15.0. The number of aryl methyl sites for hydroxylation is 1. The number of ether oxygens (including phenoxy) is 2. The molecule has 0 atom stereocenters. The molecule has 2 N–H and O–H groups in total. The molecule has 27 heavy (non-hydrogen) atoms. The average molecular weight is 433 g/mol. The first kappa shape index (κ1) is 20.5. The van der Waals surface area contributed by atoms with Crippen LogP contribution in [0.3, 0.4) is 0 Å². The first-order chi connectivity index (χ1) is 13.0. The highest BCUT2D eigenvalue weighted by atomic mass is 79.9. The molecule has 0 fully saturated rings. The van der Waals surface area contributed by atoms with Crippen molar-refractivity contribution in [3.8, 4) is 11.5 Å². The van der Waals surface area contributed by atoms with Crippen molar-refractivity contribution in [3.63, 3.8) is 0 Å². The summed E-state index contributed by atoms with van der Waals surface area (Å²) >= 11 is 3.41. The normalized spacial score (nSPS) is 10.0. The molecule has 0 aromatic heterocycles. The quantitative estimate of drug-likeness (QED) is 0.494. The summed E-state index contributed by atoms with van der Waals surface area (Å²) < 4.78 is 11.6. The highest BCUT2D eigenvalue weighted by Crippen LogP contribution is 2.26. The molecule has 0 saturated carbocycles. The third-order valence-electron chi connectivity index (χ3n) is 3.56. The molecule has 2 aromatic carbocycles. The predicted molar refractivity (Wildman–Crippen MR) is 107 cm³/mol. The Kier molecular flexibility index (Phi) is 7.88. The fraction of sp³-hybridized carbons (Fsp3) is 0.200. The van der Waals surface area contributed by atoms with E-state index in [9.17, 15) is 9.59 Å². The van der Waals surface area contributed by atoms with E-state index in [1.165, 1.54) is 0 Å². The maximum atomic E-state index is 12.0. The highest BCUT2D eigenvalue weighted by Gasteiger charge is 2.09. The molecule has 0 aliphatic heterocycles. The molecular weight excluding hydrogens is 412 g/mol. The number of nitrogens with one attached hydrogen (secondary N) is 2. The van der Waals surface area contributed by atoms with Crippen LogP contribution < -0.4 is 20.3 Å². The summed E-state index contributed by atoms with van der Waals surface area (Å²) in [5.41, 5.74) is 6.21. The summed E-state index contributed by atoms with van der Waals surface area (Å²) in [4.78, 5) is 23.9. The highest BCUT2D eigenvalue weighted by molar-refractivity contribution is 9.10. The van der Waals surface area contributed by atoms with Crippen molar-refractivity contribution in [1.82, 2.24) is 10.9 Å². The smallest absolute Gasteiger partial charge is 0.276 e. The van der Waals surface area contributed by atoms with Gasteiger partial charge in [-0.3, -0.25) is 20.4 Å². The zero-order chi connectivity index (χ0) is 19.6. The van der Waals surface area contributed by atoms with E-state index in [1.807, 2.05) is 12.1 Å². The lowest BCUT2D eigenvalue weighted by Gasteiger charge is -2.11. The van der Waals surface area contributed by atoms with Gasteiger partial charge in [0.1, 0.15) is 18.1 Å². The molecule has 0 heterocycles. The van der Waals surface area contributed by atoms with Crippen LogP contribution in [0.4, 0.5) is 0 Å². The van der Waals surface area contributed by atoms with Crippen molar-refractivity contribution in [2.45, 2.75) is 13.3 Å². The molecule has 0 aliphatic rings. The zero-order valence-corrected chi connectivity index (χ0v) is 16.5. The maximum Gasteiger partial charge on any atom is 0.276 e. The lowest BCUT2D eigenvalue weighted by Crippen LogP contribution is -2.43. The van der Waals surface area contributed by atoms with E-state index in [0.29, 0.717) is 23.7 Å². The van der Waals surface area contributed by atoms with E-state index in [-0.39, 0.29) is 6.61 Å². The molecule has 0 unspecified atom stereocenters. The minimum Gasteiger partial charge on any atom is -0.490 e. The summed E-state index contributed by atoms with van der Waals surface area (Å²) in [7, 11) is 0. The second-order valence-electron chi connectivity index (χ2n) is 5.53. The number of hydrogen-bond donors (Lipinski definition) is 2. The molecule has 6 nitrogen and oxygen atoms in total. The predicted octanol–water partition coefficient (Wildman–Crippen LogP) is 3.42. The Morgan fingerprint density at radius 3 is 2.48 bits per heavy atom. The number of carbonyl (C=O) groups excluding carboxylic acids is 2. The summed E-state index contributed by atoms with van der Waals surface area (Å²) in [5.74, 6) is 0.278. The van der Waals surface area contributed by atoms with Gasteiger partial charge >= 0.3 is 0 Å². The minimum absolute atomic E-state index is 0.224. The fourth-order valence-corrected chi connectivity index (χ4v) is 2.66. The average Bonchev–Trinajstić information content (AvgIpc) is 2.69. The lowest BCUT2D eigenvalue weighted by molar-refractivity contribution is -0.123. The number of halogens is 1. The molecule has 0 aliphatic carbocycles. The van der Waals surface area contributed by atoms with Gasteiger partial charge in [0.25, 0.3) is 11.8 Å². The standard InChI is InChI=1S/C20H21BrN2O4/c1-3-11-26-16-8-6-15(7-9-16)20(25)23-22-19(24)13-27-18-10-5-14(4-2)12-17(18)21/h3,5-10,12H,1,4,11,13H2,2H3,(H,22,24)(H,23,25). The lowest BCUT2D eigenvalue weighted by atomic mass is 10.2. The van der Waals surface area contributed by atoms with Crippen LogP contribution in [-0.2, 0) is 11.2 Å². The summed E-state index contributed by atoms with van der Waals surface area (Å²) in [6.07, 6.45) is 2.54. The number of carbonyl (C=O) groups is 2. The van der Waals surface area contributed by atoms with Gasteiger partial charge < -0.3 is 9.47 Å². The Labute approximate surface area is 166 Å². The first-order valence-electron chi connectivity index (χ1n) is 8.37. The van der Waals surface area contributed by atoms with Gasteiger partial charge in [-0.1, -0.05) is 25.6 Å². The summed E-state index contributed by atoms with van der Waals surface area (Å²) in [6, 6.07) is 12.2. The van der Waals surface area contributed by atoms with Crippen LogP contribution in [-0.4, -0.2) is 25.0 Å². The van der Waals surface area contributed by atoms with Crippen LogP contribution in [0.15, 0.2) is 59.6 Å². The third-order valence-corrected chi connectivity index (χ3v) is 4.18. The van der Waals surface area contributed by atoms with E-state index >= 15 is 0 Å². The number of amides is 2. The number of hydrogen-bond acceptors (Lipinski definition) is 4. The van der Waals surface area contributed by atoms with Gasteiger partial charge in [-0.2, -0.15) is 0 Å². The van der Waals surface area contributed by atoms with Crippen molar-refractivity contribution in [2.75, 3.05) is 13.2 Å². The topological polar surface area (TPSA) is 76.7 Å². The van der Waals surface area contributed by atoms with Gasteiger partial charge in [0, 0.05) is 5.56 Å². The van der Waals surface area contributed by atoms with E-state index in [0.717, 1.165) is 16.5 Å². The largest absolute Gasteiger partial charge is 0.490 e. The molecule has 7 heteroatoms.